The first-order chi connectivity index (χ1) is 8.87. The van der Waals surface area contributed by atoms with Gasteiger partial charge in [0.25, 0.3) is 0 Å². The van der Waals surface area contributed by atoms with E-state index in [0.717, 1.165) is 11.0 Å². The van der Waals surface area contributed by atoms with E-state index in [9.17, 15) is 18.0 Å². The van der Waals surface area contributed by atoms with Gasteiger partial charge in [0.1, 0.15) is 12.4 Å². The maximum absolute atomic E-state index is 12.4. The Morgan fingerprint density at radius 3 is 2.89 bits per heavy atom. The Morgan fingerprint density at radius 1 is 1.53 bits per heavy atom. The average Bonchev–Trinajstić information content (AvgIpc) is 2.87. The fourth-order valence-corrected chi connectivity index (χ4v) is 2.35. The van der Waals surface area contributed by atoms with E-state index < -0.39 is 24.7 Å². The van der Waals surface area contributed by atoms with E-state index in [4.69, 9.17) is 5.73 Å². The molecule has 8 heteroatoms. The number of carbonyl (C=O) groups excluding carboxylic acids is 1. The van der Waals surface area contributed by atoms with Gasteiger partial charge in [-0.2, -0.15) is 13.2 Å². The lowest BCUT2D eigenvalue weighted by Crippen LogP contribution is -2.40. The standard InChI is InChI=1S/C11H15F3N4O/c12-11(13,14)7-18-5-3-16-9(18)6-17-4-1-2-8(17)10(15)19/h3,5,8H,1-2,4,6-7H2,(H2,15,19)/t8-/m0/s1. The van der Waals surface area contributed by atoms with Crippen molar-refractivity contribution in [1.82, 2.24) is 14.5 Å². The van der Waals surface area contributed by atoms with Crippen molar-refractivity contribution in [2.75, 3.05) is 6.54 Å². The maximum Gasteiger partial charge on any atom is 0.406 e. The third-order valence-corrected chi connectivity index (χ3v) is 3.19. The van der Waals surface area contributed by atoms with Crippen LogP contribution >= 0.6 is 0 Å². The molecule has 19 heavy (non-hydrogen) atoms. The molecule has 1 aliphatic heterocycles. The highest BCUT2D eigenvalue weighted by Crippen LogP contribution is 2.22. The Balaban J connectivity index is 2.07. The Morgan fingerprint density at radius 2 is 2.26 bits per heavy atom. The zero-order valence-corrected chi connectivity index (χ0v) is 10.2. The number of halogens is 3. The summed E-state index contributed by atoms with van der Waals surface area (Å²) in [6.45, 7) is -0.222. The number of rotatable bonds is 4. The van der Waals surface area contributed by atoms with Gasteiger partial charge in [-0.1, -0.05) is 0 Å². The molecule has 5 nitrogen and oxygen atoms in total. The molecule has 2 rings (SSSR count). The summed E-state index contributed by atoms with van der Waals surface area (Å²) in [4.78, 5) is 16.9. The largest absolute Gasteiger partial charge is 0.406 e. The van der Waals surface area contributed by atoms with Gasteiger partial charge in [0.05, 0.1) is 12.6 Å². The molecule has 1 aromatic heterocycles. The van der Waals surface area contributed by atoms with E-state index >= 15 is 0 Å². The highest BCUT2D eigenvalue weighted by molar-refractivity contribution is 5.80. The number of nitrogens with zero attached hydrogens (tertiary/aromatic N) is 3. The van der Waals surface area contributed by atoms with Gasteiger partial charge in [0.2, 0.25) is 5.91 Å². The van der Waals surface area contributed by atoms with Gasteiger partial charge in [0.15, 0.2) is 0 Å². The fourth-order valence-electron chi connectivity index (χ4n) is 2.35. The smallest absolute Gasteiger partial charge is 0.368 e. The number of hydrogen-bond donors (Lipinski definition) is 1. The number of aromatic nitrogens is 2. The van der Waals surface area contributed by atoms with Crippen LogP contribution in [-0.4, -0.2) is 39.1 Å². The summed E-state index contributed by atoms with van der Waals surface area (Å²) in [6.07, 6.45) is -0.207. The van der Waals surface area contributed by atoms with E-state index in [0.29, 0.717) is 18.8 Å². The third kappa shape index (κ3) is 3.46. The molecule has 1 fully saturated rings. The van der Waals surface area contributed by atoms with E-state index in [2.05, 4.69) is 4.98 Å². The van der Waals surface area contributed by atoms with Crippen LogP contribution in [0.5, 0.6) is 0 Å². The lowest BCUT2D eigenvalue weighted by molar-refractivity contribution is -0.141. The van der Waals surface area contributed by atoms with Crippen LogP contribution < -0.4 is 5.73 Å². The summed E-state index contributed by atoms with van der Waals surface area (Å²) in [7, 11) is 0. The predicted molar refractivity (Wildman–Crippen MR) is 60.9 cm³/mol. The van der Waals surface area contributed by atoms with Crippen LogP contribution in [0.3, 0.4) is 0 Å². The van der Waals surface area contributed by atoms with Crippen LogP contribution in [0.4, 0.5) is 13.2 Å². The number of alkyl halides is 3. The quantitative estimate of drug-likeness (QED) is 0.888. The average molecular weight is 276 g/mol. The molecule has 2 heterocycles. The molecule has 0 bridgehead atoms. The van der Waals surface area contributed by atoms with Crippen LogP contribution in [0.2, 0.25) is 0 Å². The van der Waals surface area contributed by atoms with Crippen LogP contribution in [0, 0.1) is 0 Å². The van der Waals surface area contributed by atoms with Crippen LogP contribution in [0.25, 0.3) is 0 Å². The second-order valence-electron chi connectivity index (χ2n) is 4.62. The van der Waals surface area contributed by atoms with Gasteiger partial charge < -0.3 is 10.3 Å². The first-order valence-electron chi connectivity index (χ1n) is 5.97. The summed E-state index contributed by atoms with van der Waals surface area (Å²) in [5.74, 6) is -0.142. The van der Waals surface area contributed by atoms with Gasteiger partial charge in [-0.3, -0.25) is 9.69 Å². The van der Waals surface area contributed by atoms with Gasteiger partial charge in [-0.25, -0.2) is 4.98 Å². The summed E-state index contributed by atoms with van der Waals surface area (Å²) in [5.41, 5.74) is 5.27. The zero-order valence-electron chi connectivity index (χ0n) is 10.2. The highest BCUT2D eigenvalue weighted by atomic mass is 19.4. The molecule has 0 aliphatic carbocycles. The van der Waals surface area contributed by atoms with Gasteiger partial charge in [-0.15, -0.1) is 0 Å². The molecule has 1 saturated heterocycles. The molecule has 0 aromatic carbocycles. The summed E-state index contributed by atoms with van der Waals surface area (Å²) >= 11 is 0. The molecule has 0 spiro atoms. The summed E-state index contributed by atoms with van der Waals surface area (Å²) in [6, 6.07) is -0.406. The molecule has 0 unspecified atom stereocenters. The molecule has 106 valence electrons. The van der Waals surface area contributed by atoms with Gasteiger partial charge in [0, 0.05) is 12.4 Å². The third-order valence-electron chi connectivity index (χ3n) is 3.19. The van der Waals surface area contributed by atoms with Crippen LogP contribution in [0.15, 0.2) is 12.4 Å². The monoisotopic (exact) mass is 276 g/mol. The minimum absolute atomic E-state index is 0.205. The number of amides is 1. The fraction of sp³-hybridized carbons (Fsp3) is 0.636. The van der Waals surface area contributed by atoms with E-state index in [1.165, 1.54) is 12.4 Å². The highest BCUT2D eigenvalue weighted by Gasteiger charge is 2.32. The van der Waals surface area contributed by atoms with Gasteiger partial charge >= 0.3 is 6.18 Å². The van der Waals surface area contributed by atoms with Crippen LogP contribution in [-0.2, 0) is 17.9 Å². The number of hydrogen-bond acceptors (Lipinski definition) is 3. The molecular weight excluding hydrogens is 261 g/mol. The Bertz CT molecular complexity index is 457. The van der Waals surface area contributed by atoms with Crippen molar-refractivity contribution in [3.8, 4) is 0 Å². The van der Waals surface area contributed by atoms with Crippen molar-refractivity contribution >= 4 is 5.91 Å². The molecular formula is C11H15F3N4O. The van der Waals surface area contributed by atoms with Crippen LogP contribution in [0.1, 0.15) is 18.7 Å². The Labute approximate surface area is 108 Å². The van der Waals surface area contributed by atoms with E-state index in [1.54, 1.807) is 4.90 Å². The second-order valence-corrected chi connectivity index (χ2v) is 4.62. The lowest BCUT2D eigenvalue weighted by Gasteiger charge is -2.22. The number of primary amides is 1. The van der Waals surface area contributed by atoms with Crippen molar-refractivity contribution in [2.24, 2.45) is 5.73 Å². The number of imidazole rings is 1. The molecule has 1 aliphatic rings. The summed E-state index contributed by atoms with van der Waals surface area (Å²) in [5, 5.41) is 0. The number of nitrogens with two attached hydrogens (primary N) is 1. The Hall–Kier alpha value is -1.57. The van der Waals surface area contributed by atoms with E-state index in [1.807, 2.05) is 0 Å². The van der Waals surface area contributed by atoms with Crippen molar-refractivity contribution in [1.29, 1.82) is 0 Å². The topological polar surface area (TPSA) is 64.2 Å². The first kappa shape index (κ1) is 13.9. The lowest BCUT2D eigenvalue weighted by atomic mass is 10.2. The normalized spacial score (nSPS) is 20.9. The SMILES string of the molecule is NC(=O)[C@@H]1CCCN1Cc1nccn1CC(F)(F)F. The molecule has 1 amide bonds. The molecule has 1 atom stereocenters. The van der Waals surface area contributed by atoms with Crippen molar-refractivity contribution in [2.45, 2.75) is 38.1 Å². The number of likely N-dealkylation sites (tertiary alicyclic amines) is 1. The van der Waals surface area contributed by atoms with Gasteiger partial charge in [-0.05, 0) is 19.4 Å². The number of carbonyl (C=O) groups is 1. The minimum Gasteiger partial charge on any atom is -0.368 e. The van der Waals surface area contributed by atoms with Crippen molar-refractivity contribution in [3.05, 3.63) is 18.2 Å². The molecule has 2 N–H and O–H groups in total. The molecule has 1 aromatic rings. The predicted octanol–water partition coefficient (Wildman–Crippen LogP) is 0.895. The Kier molecular flexibility index (Phi) is 3.79. The maximum atomic E-state index is 12.4. The first-order valence-corrected chi connectivity index (χ1v) is 5.97. The van der Waals surface area contributed by atoms with E-state index in [-0.39, 0.29) is 6.54 Å². The van der Waals surface area contributed by atoms with Crippen molar-refractivity contribution < 1.29 is 18.0 Å². The molecule has 0 radical (unpaired) electrons. The zero-order chi connectivity index (χ0) is 14.0. The summed E-state index contributed by atoms with van der Waals surface area (Å²) < 4.78 is 38.2. The minimum atomic E-state index is -4.29. The van der Waals surface area contributed by atoms with Crippen molar-refractivity contribution in [3.63, 3.8) is 0 Å². The molecule has 0 saturated carbocycles. The second kappa shape index (κ2) is 5.20.